The molecular weight excluding hydrogens is 206 g/mol. The van der Waals surface area contributed by atoms with Gasteiger partial charge in [0.05, 0.1) is 0 Å². The lowest BCUT2D eigenvalue weighted by atomic mass is 9.89. The molecule has 2 N–H and O–H groups in total. The van der Waals surface area contributed by atoms with Gasteiger partial charge in [-0.2, -0.15) is 0 Å². The highest BCUT2D eigenvalue weighted by molar-refractivity contribution is 5.93. The fourth-order valence-corrected chi connectivity index (χ4v) is 1.22. The van der Waals surface area contributed by atoms with E-state index in [9.17, 15) is 4.79 Å². The number of carbonyl (C=O) groups is 1. The van der Waals surface area contributed by atoms with E-state index >= 15 is 0 Å². The van der Waals surface area contributed by atoms with E-state index in [0.29, 0.717) is 19.0 Å². The van der Waals surface area contributed by atoms with Crippen LogP contribution in [0.15, 0.2) is 6.20 Å². The van der Waals surface area contributed by atoms with E-state index in [-0.39, 0.29) is 5.91 Å². The topological polar surface area (TPSA) is 67.0 Å². The first-order chi connectivity index (χ1) is 7.45. The number of aryl methyl sites for hydroxylation is 1. The summed E-state index contributed by atoms with van der Waals surface area (Å²) in [6.45, 7) is 6.23. The average Bonchev–Trinajstić information content (AvgIpc) is 2.61. The Labute approximate surface area is 95.6 Å². The highest BCUT2D eigenvalue weighted by atomic mass is 16.5. The Bertz CT molecular complexity index is 358. The van der Waals surface area contributed by atoms with Crippen LogP contribution in [0, 0.1) is 12.3 Å². The Balaban J connectivity index is 2.57. The van der Waals surface area contributed by atoms with Gasteiger partial charge in [0.1, 0.15) is 0 Å². The number of nitrogens with one attached hydrogen (secondary N) is 2. The number of hydrogen-bond donors (Lipinski definition) is 2. The van der Waals surface area contributed by atoms with Crippen LogP contribution >= 0.6 is 0 Å². The van der Waals surface area contributed by atoms with Gasteiger partial charge in [-0.25, -0.2) is 4.98 Å². The van der Waals surface area contributed by atoms with Crippen LogP contribution < -0.4 is 5.32 Å². The molecule has 1 amide bonds. The Morgan fingerprint density at radius 1 is 1.62 bits per heavy atom. The van der Waals surface area contributed by atoms with Gasteiger partial charge in [0.25, 0.3) is 0 Å². The number of methoxy groups -OCH3 is 1. The monoisotopic (exact) mass is 225 g/mol. The minimum Gasteiger partial charge on any atom is -0.385 e. The third-order valence-electron chi connectivity index (χ3n) is 2.48. The normalized spacial score (nSPS) is 11.5. The Morgan fingerprint density at radius 3 is 2.81 bits per heavy atom. The molecule has 16 heavy (non-hydrogen) atoms. The zero-order valence-electron chi connectivity index (χ0n) is 10.3. The molecule has 1 heterocycles. The van der Waals surface area contributed by atoms with Gasteiger partial charge in [0, 0.05) is 31.0 Å². The van der Waals surface area contributed by atoms with Crippen molar-refractivity contribution in [3.63, 3.8) is 0 Å². The second kappa shape index (κ2) is 5.12. The quantitative estimate of drug-likeness (QED) is 0.801. The molecule has 0 unspecified atom stereocenters. The van der Waals surface area contributed by atoms with Crippen molar-refractivity contribution in [1.29, 1.82) is 0 Å². The number of aromatic amines is 1. The summed E-state index contributed by atoms with van der Waals surface area (Å²) in [5.41, 5.74) is 0.460. The van der Waals surface area contributed by atoms with Gasteiger partial charge in [-0.05, 0) is 13.3 Å². The van der Waals surface area contributed by atoms with Gasteiger partial charge in [0.2, 0.25) is 11.9 Å². The Morgan fingerprint density at radius 2 is 2.31 bits per heavy atom. The Kier molecular flexibility index (Phi) is 4.06. The summed E-state index contributed by atoms with van der Waals surface area (Å²) in [7, 11) is 1.63. The zero-order valence-corrected chi connectivity index (χ0v) is 10.3. The van der Waals surface area contributed by atoms with E-state index in [1.54, 1.807) is 13.3 Å². The molecule has 0 aromatic carbocycles. The van der Waals surface area contributed by atoms with Gasteiger partial charge >= 0.3 is 0 Å². The summed E-state index contributed by atoms with van der Waals surface area (Å²) in [5.74, 6) is 0.437. The van der Waals surface area contributed by atoms with E-state index in [1.807, 2.05) is 20.8 Å². The van der Waals surface area contributed by atoms with Crippen molar-refractivity contribution in [1.82, 2.24) is 9.97 Å². The number of nitrogens with zero attached hydrogens (tertiary/aromatic N) is 1. The number of imidazole rings is 1. The lowest BCUT2D eigenvalue weighted by Crippen LogP contribution is -2.32. The number of amides is 1. The molecule has 0 bridgehead atoms. The molecule has 1 aromatic heterocycles. The molecule has 0 aliphatic carbocycles. The van der Waals surface area contributed by atoms with Crippen LogP contribution in [0.2, 0.25) is 0 Å². The summed E-state index contributed by atoms with van der Waals surface area (Å²) in [5, 5.41) is 2.75. The SMILES string of the molecule is COCCC(C)(C)C(=O)Nc1ncc(C)[nH]1. The van der Waals surface area contributed by atoms with Crippen molar-refractivity contribution in [3.8, 4) is 0 Å². The minimum atomic E-state index is -0.462. The highest BCUT2D eigenvalue weighted by Crippen LogP contribution is 2.22. The third kappa shape index (κ3) is 3.34. The van der Waals surface area contributed by atoms with E-state index in [1.165, 1.54) is 0 Å². The number of anilines is 1. The lowest BCUT2D eigenvalue weighted by Gasteiger charge is -2.22. The predicted octanol–water partition coefficient (Wildman–Crippen LogP) is 1.72. The van der Waals surface area contributed by atoms with Crippen LogP contribution in [0.5, 0.6) is 0 Å². The van der Waals surface area contributed by atoms with Crippen molar-refractivity contribution in [2.24, 2.45) is 5.41 Å². The zero-order chi connectivity index (χ0) is 12.2. The molecule has 0 aliphatic heterocycles. The number of rotatable bonds is 5. The van der Waals surface area contributed by atoms with E-state index in [2.05, 4.69) is 15.3 Å². The molecule has 1 rings (SSSR count). The first-order valence-corrected chi connectivity index (χ1v) is 5.28. The van der Waals surface area contributed by atoms with Crippen LogP contribution in [0.4, 0.5) is 5.95 Å². The summed E-state index contributed by atoms with van der Waals surface area (Å²) in [6.07, 6.45) is 2.35. The number of hydrogen-bond acceptors (Lipinski definition) is 3. The van der Waals surface area contributed by atoms with Gasteiger partial charge in [-0.3, -0.25) is 10.1 Å². The summed E-state index contributed by atoms with van der Waals surface area (Å²) < 4.78 is 4.98. The molecule has 0 spiro atoms. The molecule has 90 valence electrons. The summed E-state index contributed by atoms with van der Waals surface area (Å²) in [4.78, 5) is 18.9. The largest absolute Gasteiger partial charge is 0.385 e. The van der Waals surface area contributed by atoms with Crippen molar-refractivity contribution < 1.29 is 9.53 Å². The molecule has 0 atom stereocenters. The molecule has 0 saturated carbocycles. The molecule has 5 heteroatoms. The van der Waals surface area contributed by atoms with Gasteiger partial charge in [0.15, 0.2) is 0 Å². The molecule has 0 saturated heterocycles. The average molecular weight is 225 g/mol. The maximum atomic E-state index is 11.9. The van der Waals surface area contributed by atoms with Crippen molar-refractivity contribution in [2.75, 3.05) is 19.0 Å². The maximum absolute atomic E-state index is 11.9. The van der Waals surface area contributed by atoms with Crippen molar-refractivity contribution >= 4 is 11.9 Å². The number of aromatic nitrogens is 2. The van der Waals surface area contributed by atoms with Crippen LogP contribution in [0.25, 0.3) is 0 Å². The van der Waals surface area contributed by atoms with Gasteiger partial charge in [-0.1, -0.05) is 13.8 Å². The molecule has 1 aromatic rings. The first-order valence-electron chi connectivity index (χ1n) is 5.28. The summed E-state index contributed by atoms with van der Waals surface area (Å²) in [6, 6.07) is 0. The predicted molar refractivity (Wildman–Crippen MR) is 62.2 cm³/mol. The van der Waals surface area contributed by atoms with E-state index < -0.39 is 5.41 Å². The Hall–Kier alpha value is -1.36. The summed E-state index contributed by atoms with van der Waals surface area (Å²) >= 11 is 0. The van der Waals surface area contributed by atoms with Crippen LogP contribution in [0.3, 0.4) is 0 Å². The molecular formula is C11H19N3O2. The molecule has 0 fully saturated rings. The standard InChI is InChI=1S/C11H19N3O2/c1-8-7-12-10(13-8)14-9(15)11(2,3)5-6-16-4/h7H,5-6H2,1-4H3,(H2,12,13,14,15). The first kappa shape index (κ1) is 12.7. The lowest BCUT2D eigenvalue weighted by molar-refractivity contribution is -0.124. The number of carbonyl (C=O) groups excluding carboxylic acids is 1. The van der Waals surface area contributed by atoms with Crippen LogP contribution in [-0.4, -0.2) is 29.6 Å². The number of ether oxygens (including phenoxy) is 1. The van der Waals surface area contributed by atoms with Crippen LogP contribution in [-0.2, 0) is 9.53 Å². The fraction of sp³-hybridized carbons (Fsp3) is 0.636. The highest BCUT2D eigenvalue weighted by Gasteiger charge is 2.27. The number of H-pyrrole nitrogens is 1. The third-order valence-corrected chi connectivity index (χ3v) is 2.48. The molecule has 5 nitrogen and oxygen atoms in total. The molecule has 0 aliphatic rings. The maximum Gasteiger partial charge on any atom is 0.232 e. The van der Waals surface area contributed by atoms with E-state index in [0.717, 1.165) is 5.69 Å². The van der Waals surface area contributed by atoms with Gasteiger partial charge < -0.3 is 9.72 Å². The van der Waals surface area contributed by atoms with Crippen molar-refractivity contribution in [2.45, 2.75) is 27.2 Å². The van der Waals surface area contributed by atoms with Gasteiger partial charge in [-0.15, -0.1) is 0 Å². The smallest absolute Gasteiger partial charge is 0.232 e. The second-order valence-electron chi connectivity index (χ2n) is 4.50. The van der Waals surface area contributed by atoms with Crippen LogP contribution in [0.1, 0.15) is 26.0 Å². The second-order valence-corrected chi connectivity index (χ2v) is 4.50. The minimum absolute atomic E-state index is 0.0566. The van der Waals surface area contributed by atoms with E-state index in [4.69, 9.17) is 4.74 Å². The molecule has 0 radical (unpaired) electrons. The fourth-order valence-electron chi connectivity index (χ4n) is 1.22. The van der Waals surface area contributed by atoms with Crippen molar-refractivity contribution in [3.05, 3.63) is 11.9 Å².